The Morgan fingerprint density at radius 2 is 2.12 bits per heavy atom. The van der Waals surface area contributed by atoms with E-state index >= 15 is 0 Å². The van der Waals surface area contributed by atoms with Crippen LogP contribution in [0.1, 0.15) is 12.6 Å². The number of halogens is 1. The fourth-order valence-corrected chi connectivity index (χ4v) is 1.15. The first-order chi connectivity index (χ1) is 7.40. The Hall–Kier alpha value is -1.69. The van der Waals surface area contributed by atoms with Crippen LogP contribution in [0.15, 0.2) is 6.07 Å². The molecule has 6 nitrogen and oxygen atoms in total. The molecule has 0 bridgehead atoms. The van der Waals surface area contributed by atoms with Crippen molar-refractivity contribution in [3.05, 3.63) is 16.9 Å². The molecule has 86 valence electrons. The van der Waals surface area contributed by atoms with Crippen LogP contribution in [0.5, 0.6) is 0 Å². The van der Waals surface area contributed by atoms with E-state index in [1.165, 1.54) is 13.0 Å². The molecule has 0 aromatic carbocycles. The Morgan fingerprint density at radius 1 is 1.50 bits per heavy atom. The Balaban J connectivity index is 2.81. The number of carbonyl (C=O) groups excluding carboxylic acids is 1. The molecule has 0 fully saturated rings. The van der Waals surface area contributed by atoms with E-state index in [4.69, 9.17) is 16.7 Å². The number of aromatic nitrogens is 2. The van der Waals surface area contributed by atoms with E-state index in [2.05, 4.69) is 15.3 Å². The molecule has 2 N–H and O–H groups in total. The quantitative estimate of drug-likeness (QED) is 0.613. The zero-order valence-corrected chi connectivity index (χ0v) is 9.45. The van der Waals surface area contributed by atoms with Gasteiger partial charge in [0, 0.05) is 5.69 Å². The number of rotatable bonds is 3. The molecule has 0 radical (unpaired) electrons. The van der Waals surface area contributed by atoms with Crippen LogP contribution in [-0.4, -0.2) is 27.0 Å². The van der Waals surface area contributed by atoms with Crippen molar-refractivity contribution in [1.82, 2.24) is 9.97 Å². The van der Waals surface area contributed by atoms with Crippen LogP contribution in [0.25, 0.3) is 0 Å². The first kappa shape index (κ1) is 12.4. The Kier molecular flexibility index (Phi) is 3.78. The third-order valence-corrected chi connectivity index (χ3v) is 2.02. The van der Waals surface area contributed by atoms with Gasteiger partial charge in [-0.05, 0) is 19.9 Å². The number of carbonyl (C=O) groups is 2. The summed E-state index contributed by atoms with van der Waals surface area (Å²) >= 11 is 5.66. The minimum Gasteiger partial charge on any atom is -0.481 e. The van der Waals surface area contributed by atoms with E-state index in [1.54, 1.807) is 6.92 Å². The second-order valence-corrected chi connectivity index (χ2v) is 3.59. The lowest BCUT2D eigenvalue weighted by molar-refractivity contribution is -0.144. The summed E-state index contributed by atoms with van der Waals surface area (Å²) in [5, 5.41) is 11.1. The first-order valence-electron chi connectivity index (χ1n) is 4.45. The number of aliphatic carboxylic acids is 1. The number of aryl methyl sites for hydroxylation is 1. The maximum absolute atomic E-state index is 11.4. The zero-order valence-electron chi connectivity index (χ0n) is 8.69. The van der Waals surface area contributed by atoms with Crippen molar-refractivity contribution in [3.8, 4) is 0 Å². The third-order valence-electron chi connectivity index (χ3n) is 1.82. The molecule has 0 aliphatic rings. The van der Waals surface area contributed by atoms with Gasteiger partial charge in [0.1, 0.15) is 11.1 Å². The number of amides is 1. The first-order valence-corrected chi connectivity index (χ1v) is 4.83. The van der Waals surface area contributed by atoms with Gasteiger partial charge < -0.3 is 5.11 Å². The van der Waals surface area contributed by atoms with Crippen molar-refractivity contribution in [1.29, 1.82) is 0 Å². The monoisotopic (exact) mass is 243 g/mol. The molecular formula is C9H10ClN3O3. The second-order valence-electron chi connectivity index (χ2n) is 3.20. The van der Waals surface area contributed by atoms with Crippen LogP contribution in [0.3, 0.4) is 0 Å². The van der Waals surface area contributed by atoms with Crippen LogP contribution in [0, 0.1) is 12.8 Å². The van der Waals surface area contributed by atoms with Crippen LogP contribution in [-0.2, 0) is 9.59 Å². The molecule has 1 aromatic rings. The SMILES string of the molecule is Cc1cc(Cl)nc(NC(=O)C(C)C(=O)O)n1. The van der Waals surface area contributed by atoms with Gasteiger partial charge >= 0.3 is 5.97 Å². The molecule has 7 heteroatoms. The molecule has 0 aliphatic heterocycles. The van der Waals surface area contributed by atoms with Gasteiger partial charge in [-0.2, -0.15) is 0 Å². The average Bonchev–Trinajstić information content (AvgIpc) is 2.14. The lowest BCUT2D eigenvalue weighted by Crippen LogP contribution is -2.27. The van der Waals surface area contributed by atoms with Crippen molar-refractivity contribution in [2.24, 2.45) is 5.92 Å². The standard InChI is InChI=1S/C9H10ClN3O3/c1-4-3-6(10)12-9(11-4)13-7(14)5(2)8(15)16/h3,5H,1-2H3,(H,15,16)(H,11,12,13,14). The van der Waals surface area contributed by atoms with E-state index in [0.29, 0.717) is 5.69 Å². The van der Waals surface area contributed by atoms with Gasteiger partial charge in [0.25, 0.3) is 0 Å². The van der Waals surface area contributed by atoms with Crippen LogP contribution in [0.2, 0.25) is 5.15 Å². The lowest BCUT2D eigenvalue weighted by Gasteiger charge is -2.07. The Bertz CT molecular complexity index is 416. The molecule has 1 atom stereocenters. The molecule has 1 aromatic heterocycles. The topological polar surface area (TPSA) is 92.2 Å². The van der Waals surface area contributed by atoms with Crippen molar-refractivity contribution in [3.63, 3.8) is 0 Å². The summed E-state index contributed by atoms with van der Waals surface area (Å²) in [7, 11) is 0. The Labute approximate surface area is 96.7 Å². The molecule has 1 heterocycles. The van der Waals surface area contributed by atoms with E-state index in [-0.39, 0.29) is 11.1 Å². The van der Waals surface area contributed by atoms with Gasteiger partial charge in [0.05, 0.1) is 0 Å². The number of hydrogen-bond donors (Lipinski definition) is 2. The number of carboxylic acids is 1. The summed E-state index contributed by atoms with van der Waals surface area (Å²) in [5.41, 5.74) is 0.582. The summed E-state index contributed by atoms with van der Waals surface area (Å²) in [5.74, 6) is -3.06. The molecular weight excluding hydrogens is 234 g/mol. The van der Waals surface area contributed by atoms with Gasteiger partial charge in [-0.15, -0.1) is 0 Å². The van der Waals surface area contributed by atoms with E-state index in [0.717, 1.165) is 0 Å². The molecule has 1 unspecified atom stereocenters. The van der Waals surface area contributed by atoms with Crippen molar-refractivity contribution in [2.45, 2.75) is 13.8 Å². The molecule has 1 amide bonds. The summed E-state index contributed by atoms with van der Waals surface area (Å²) in [4.78, 5) is 29.5. The van der Waals surface area contributed by atoms with Crippen LogP contribution < -0.4 is 5.32 Å². The summed E-state index contributed by atoms with van der Waals surface area (Å²) in [6.45, 7) is 2.96. The fourth-order valence-electron chi connectivity index (χ4n) is 0.917. The minimum absolute atomic E-state index is 0.00287. The summed E-state index contributed by atoms with van der Waals surface area (Å²) in [6.07, 6.45) is 0. The second kappa shape index (κ2) is 4.89. The van der Waals surface area contributed by atoms with Crippen LogP contribution in [0.4, 0.5) is 5.95 Å². The number of nitrogens with zero attached hydrogens (tertiary/aromatic N) is 2. The highest BCUT2D eigenvalue weighted by Crippen LogP contribution is 2.10. The number of hydrogen-bond acceptors (Lipinski definition) is 4. The Morgan fingerprint density at radius 3 is 2.62 bits per heavy atom. The highest BCUT2D eigenvalue weighted by Gasteiger charge is 2.21. The maximum atomic E-state index is 11.4. The number of carboxylic acid groups (broad SMARTS) is 1. The normalized spacial score (nSPS) is 11.9. The largest absolute Gasteiger partial charge is 0.481 e. The molecule has 16 heavy (non-hydrogen) atoms. The van der Waals surface area contributed by atoms with Crippen LogP contribution >= 0.6 is 11.6 Å². The van der Waals surface area contributed by atoms with Gasteiger partial charge in [-0.3, -0.25) is 14.9 Å². The molecule has 0 saturated carbocycles. The van der Waals surface area contributed by atoms with Crippen molar-refractivity contribution in [2.75, 3.05) is 5.32 Å². The van der Waals surface area contributed by atoms with Gasteiger partial charge in [-0.1, -0.05) is 11.6 Å². The van der Waals surface area contributed by atoms with Gasteiger partial charge in [-0.25, -0.2) is 9.97 Å². The lowest BCUT2D eigenvalue weighted by atomic mass is 10.2. The highest BCUT2D eigenvalue weighted by atomic mass is 35.5. The van der Waals surface area contributed by atoms with E-state index in [1.807, 2.05) is 0 Å². The van der Waals surface area contributed by atoms with E-state index < -0.39 is 17.8 Å². The molecule has 0 spiro atoms. The maximum Gasteiger partial charge on any atom is 0.315 e. The molecule has 0 aliphatic carbocycles. The number of anilines is 1. The summed E-state index contributed by atoms with van der Waals surface area (Å²) < 4.78 is 0. The summed E-state index contributed by atoms with van der Waals surface area (Å²) in [6, 6.07) is 1.53. The zero-order chi connectivity index (χ0) is 12.3. The predicted octanol–water partition coefficient (Wildman–Crippen LogP) is 1.10. The highest BCUT2D eigenvalue weighted by molar-refractivity contribution is 6.29. The third kappa shape index (κ3) is 3.16. The van der Waals surface area contributed by atoms with Gasteiger partial charge in [0.2, 0.25) is 11.9 Å². The van der Waals surface area contributed by atoms with Gasteiger partial charge in [0.15, 0.2) is 0 Å². The molecule has 1 rings (SSSR count). The predicted molar refractivity (Wildman–Crippen MR) is 57.2 cm³/mol. The van der Waals surface area contributed by atoms with Crippen molar-refractivity contribution >= 4 is 29.4 Å². The minimum atomic E-state index is -1.21. The van der Waals surface area contributed by atoms with Crippen molar-refractivity contribution < 1.29 is 14.7 Å². The molecule has 0 saturated heterocycles. The smallest absolute Gasteiger partial charge is 0.315 e. The fraction of sp³-hybridized carbons (Fsp3) is 0.333. The number of nitrogens with one attached hydrogen (secondary N) is 1. The van der Waals surface area contributed by atoms with E-state index in [9.17, 15) is 9.59 Å². The average molecular weight is 244 g/mol.